The summed E-state index contributed by atoms with van der Waals surface area (Å²) in [7, 11) is 0. The van der Waals surface area contributed by atoms with Crippen LogP contribution in [0.15, 0.2) is 24.4 Å². The number of aromatic carboxylic acids is 1. The van der Waals surface area contributed by atoms with Crippen LogP contribution in [0, 0.1) is 0 Å². The first kappa shape index (κ1) is 11.7. The summed E-state index contributed by atoms with van der Waals surface area (Å²) in [6.07, 6.45) is 1.92. The first-order chi connectivity index (χ1) is 8.08. The van der Waals surface area contributed by atoms with E-state index in [0.717, 1.165) is 23.0 Å². The molecule has 2 aromatic rings. The standard InChI is InChI=1S/C13H16N2O2/c1-8(2)14-6-10-7-15-12-4-3-9(13(16)17)5-11(10)12/h3-5,7-8,14-15H,6H2,1-2H3,(H,16,17). The number of carboxylic acids is 1. The maximum Gasteiger partial charge on any atom is 0.335 e. The molecular weight excluding hydrogens is 216 g/mol. The fourth-order valence-corrected chi connectivity index (χ4v) is 1.77. The molecule has 0 unspecified atom stereocenters. The topological polar surface area (TPSA) is 65.1 Å². The first-order valence-corrected chi connectivity index (χ1v) is 5.64. The van der Waals surface area contributed by atoms with E-state index in [4.69, 9.17) is 5.11 Å². The Labute approximate surface area is 99.7 Å². The second-order valence-corrected chi connectivity index (χ2v) is 4.42. The van der Waals surface area contributed by atoms with E-state index in [-0.39, 0.29) is 0 Å². The van der Waals surface area contributed by atoms with Gasteiger partial charge in [0.15, 0.2) is 0 Å². The maximum absolute atomic E-state index is 10.9. The second kappa shape index (κ2) is 4.59. The monoisotopic (exact) mass is 232 g/mol. The van der Waals surface area contributed by atoms with E-state index in [2.05, 4.69) is 24.1 Å². The number of carbonyl (C=O) groups is 1. The van der Waals surface area contributed by atoms with Crippen LogP contribution < -0.4 is 5.32 Å². The van der Waals surface area contributed by atoms with E-state index in [1.807, 2.05) is 6.20 Å². The van der Waals surface area contributed by atoms with E-state index in [0.29, 0.717) is 11.6 Å². The van der Waals surface area contributed by atoms with Crippen LogP contribution in [0.1, 0.15) is 29.8 Å². The van der Waals surface area contributed by atoms with Gasteiger partial charge in [-0.05, 0) is 23.8 Å². The minimum absolute atomic E-state index is 0.322. The highest BCUT2D eigenvalue weighted by Gasteiger charge is 2.08. The molecule has 0 aliphatic heterocycles. The van der Waals surface area contributed by atoms with E-state index >= 15 is 0 Å². The van der Waals surface area contributed by atoms with Gasteiger partial charge in [-0.1, -0.05) is 13.8 Å². The van der Waals surface area contributed by atoms with E-state index < -0.39 is 5.97 Å². The molecule has 4 heteroatoms. The largest absolute Gasteiger partial charge is 0.478 e. The van der Waals surface area contributed by atoms with Crippen LogP contribution >= 0.6 is 0 Å². The third kappa shape index (κ3) is 2.47. The van der Waals surface area contributed by atoms with Gasteiger partial charge >= 0.3 is 5.97 Å². The van der Waals surface area contributed by atoms with Gasteiger partial charge in [-0.2, -0.15) is 0 Å². The van der Waals surface area contributed by atoms with E-state index in [1.165, 1.54) is 0 Å². The SMILES string of the molecule is CC(C)NCc1c[nH]c2ccc(C(=O)O)cc12. The van der Waals surface area contributed by atoms with Gasteiger partial charge in [0.2, 0.25) is 0 Å². The number of hydrogen-bond donors (Lipinski definition) is 3. The summed E-state index contributed by atoms with van der Waals surface area (Å²) in [6, 6.07) is 5.53. The molecule has 0 bridgehead atoms. The minimum atomic E-state index is -0.893. The molecule has 90 valence electrons. The number of rotatable bonds is 4. The fraction of sp³-hybridized carbons (Fsp3) is 0.308. The number of fused-ring (bicyclic) bond motifs is 1. The molecule has 0 atom stereocenters. The third-order valence-electron chi connectivity index (χ3n) is 2.72. The lowest BCUT2D eigenvalue weighted by molar-refractivity contribution is 0.0697. The number of aromatic amines is 1. The lowest BCUT2D eigenvalue weighted by Crippen LogP contribution is -2.21. The van der Waals surface area contributed by atoms with Crippen LogP contribution in [-0.4, -0.2) is 22.1 Å². The smallest absolute Gasteiger partial charge is 0.335 e. The Hall–Kier alpha value is -1.81. The van der Waals surface area contributed by atoms with E-state index in [1.54, 1.807) is 18.2 Å². The summed E-state index contributed by atoms with van der Waals surface area (Å²) in [5.74, 6) is -0.893. The number of nitrogens with one attached hydrogen (secondary N) is 2. The average molecular weight is 232 g/mol. The molecular formula is C13H16N2O2. The Morgan fingerprint density at radius 1 is 1.47 bits per heavy atom. The van der Waals surface area contributed by atoms with Crippen LogP contribution in [0.4, 0.5) is 0 Å². The molecule has 4 nitrogen and oxygen atoms in total. The summed E-state index contributed by atoms with van der Waals surface area (Å²) in [5, 5.41) is 13.3. The van der Waals surface area contributed by atoms with Crippen molar-refractivity contribution in [2.45, 2.75) is 26.4 Å². The molecule has 2 rings (SSSR count). The average Bonchev–Trinajstić information content (AvgIpc) is 2.68. The highest BCUT2D eigenvalue weighted by Crippen LogP contribution is 2.20. The zero-order valence-electron chi connectivity index (χ0n) is 9.95. The Kier molecular flexibility index (Phi) is 3.15. The molecule has 1 aromatic heterocycles. The lowest BCUT2D eigenvalue weighted by Gasteiger charge is -2.06. The van der Waals surface area contributed by atoms with Crippen LogP contribution in [-0.2, 0) is 6.54 Å². The van der Waals surface area contributed by atoms with Crippen LogP contribution in [0.5, 0.6) is 0 Å². The van der Waals surface area contributed by atoms with Gasteiger partial charge in [-0.15, -0.1) is 0 Å². The lowest BCUT2D eigenvalue weighted by atomic mass is 10.1. The molecule has 0 aliphatic carbocycles. The fourth-order valence-electron chi connectivity index (χ4n) is 1.77. The van der Waals surface area contributed by atoms with Gasteiger partial charge in [0, 0.05) is 29.7 Å². The highest BCUT2D eigenvalue weighted by atomic mass is 16.4. The van der Waals surface area contributed by atoms with Crippen molar-refractivity contribution < 1.29 is 9.90 Å². The van der Waals surface area contributed by atoms with Crippen LogP contribution in [0.25, 0.3) is 10.9 Å². The summed E-state index contributed by atoms with van der Waals surface area (Å²) < 4.78 is 0. The van der Waals surface area contributed by atoms with Gasteiger partial charge in [-0.3, -0.25) is 0 Å². The van der Waals surface area contributed by atoms with Crippen molar-refractivity contribution in [1.29, 1.82) is 0 Å². The second-order valence-electron chi connectivity index (χ2n) is 4.42. The summed E-state index contributed by atoms with van der Waals surface area (Å²) >= 11 is 0. The van der Waals surface area contributed by atoms with Crippen molar-refractivity contribution >= 4 is 16.9 Å². The van der Waals surface area contributed by atoms with Crippen molar-refractivity contribution in [2.75, 3.05) is 0 Å². The normalized spacial score (nSPS) is 11.2. The number of benzene rings is 1. The van der Waals surface area contributed by atoms with Gasteiger partial charge in [0.25, 0.3) is 0 Å². The van der Waals surface area contributed by atoms with Gasteiger partial charge in [0.05, 0.1) is 5.56 Å². The quantitative estimate of drug-likeness (QED) is 0.758. The first-order valence-electron chi connectivity index (χ1n) is 5.64. The van der Waals surface area contributed by atoms with Crippen molar-refractivity contribution in [3.8, 4) is 0 Å². The number of carboxylic acid groups (broad SMARTS) is 1. The molecule has 3 N–H and O–H groups in total. The summed E-state index contributed by atoms with van der Waals surface area (Å²) in [4.78, 5) is 14.1. The van der Waals surface area contributed by atoms with Gasteiger partial charge < -0.3 is 15.4 Å². The number of H-pyrrole nitrogens is 1. The maximum atomic E-state index is 10.9. The molecule has 0 radical (unpaired) electrons. The Bertz CT molecular complexity index is 543. The zero-order valence-corrected chi connectivity index (χ0v) is 9.95. The Balaban J connectivity index is 2.36. The van der Waals surface area contributed by atoms with Crippen molar-refractivity contribution in [1.82, 2.24) is 10.3 Å². The number of aromatic nitrogens is 1. The van der Waals surface area contributed by atoms with Crippen LogP contribution in [0.2, 0.25) is 0 Å². The van der Waals surface area contributed by atoms with Crippen molar-refractivity contribution in [3.63, 3.8) is 0 Å². The highest BCUT2D eigenvalue weighted by molar-refractivity contribution is 5.94. The van der Waals surface area contributed by atoms with E-state index in [9.17, 15) is 4.79 Å². The van der Waals surface area contributed by atoms with Crippen LogP contribution in [0.3, 0.4) is 0 Å². The third-order valence-corrected chi connectivity index (χ3v) is 2.72. The predicted molar refractivity (Wildman–Crippen MR) is 67.2 cm³/mol. The minimum Gasteiger partial charge on any atom is -0.478 e. The Morgan fingerprint density at radius 3 is 2.88 bits per heavy atom. The molecule has 1 heterocycles. The molecule has 0 amide bonds. The molecule has 0 fully saturated rings. The zero-order chi connectivity index (χ0) is 12.4. The molecule has 17 heavy (non-hydrogen) atoms. The molecule has 0 saturated carbocycles. The summed E-state index contributed by atoms with van der Waals surface area (Å²) in [5.41, 5.74) is 2.38. The molecule has 0 spiro atoms. The Morgan fingerprint density at radius 2 is 2.24 bits per heavy atom. The summed E-state index contributed by atoms with van der Waals surface area (Å²) in [6.45, 7) is 4.90. The van der Waals surface area contributed by atoms with Gasteiger partial charge in [0.1, 0.15) is 0 Å². The molecule has 0 saturated heterocycles. The molecule has 1 aromatic carbocycles. The molecule has 0 aliphatic rings. The number of hydrogen-bond acceptors (Lipinski definition) is 2. The van der Waals surface area contributed by atoms with Gasteiger partial charge in [-0.25, -0.2) is 4.79 Å². The predicted octanol–water partition coefficient (Wildman–Crippen LogP) is 2.36. The van der Waals surface area contributed by atoms with Crippen molar-refractivity contribution in [2.24, 2.45) is 0 Å². The van der Waals surface area contributed by atoms with Crippen molar-refractivity contribution in [3.05, 3.63) is 35.5 Å².